The smallest absolute Gasteiger partial charge is 0.328 e. The number of halogens is 1. The molecule has 1 atom stereocenters. The summed E-state index contributed by atoms with van der Waals surface area (Å²) in [6.45, 7) is 5.75. The van der Waals surface area contributed by atoms with Crippen molar-refractivity contribution in [1.82, 2.24) is 9.97 Å². The molecule has 0 aliphatic carbocycles. The Morgan fingerprint density at radius 2 is 1.57 bits per heavy atom. The van der Waals surface area contributed by atoms with Gasteiger partial charge < -0.3 is 20.3 Å². The minimum atomic E-state index is -1.26. The van der Waals surface area contributed by atoms with Crippen molar-refractivity contribution in [2.45, 2.75) is 32.7 Å². The molecule has 184 valence electrons. The van der Waals surface area contributed by atoms with Gasteiger partial charge in [0.15, 0.2) is 0 Å². The summed E-state index contributed by atoms with van der Waals surface area (Å²) in [5.41, 5.74) is 2.31. The Kier molecular flexibility index (Phi) is 9.39. The molecule has 10 heteroatoms. The fourth-order valence-electron chi connectivity index (χ4n) is 3.02. The maximum absolute atomic E-state index is 14.2. The average molecular weight is 483 g/mol. The van der Waals surface area contributed by atoms with Crippen molar-refractivity contribution in [2.75, 3.05) is 12.4 Å². The number of fused-ring (bicyclic) bond motifs is 1. The molecule has 2 aromatic carbocycles. The number of benzene rings is 2. The molecule has 0 aliphatic heterocycles. The molecular formula is C25H26FN3O6. The minimum absolute atomic E-state index is 0.160. The van der Waals surface area contributed by atoms with Crippen molar-refractivity contribution in [3.05, 3.63) is 66.1 Å². The van der Waals surface area contributed by atoms with Crippen molar-refractivity contribution in [2.24, 2.45) is 0 Å². The van der Waals surface area contributed by atoms with Crippen LogP contribution in [0.3, 0.4) is 0 Å². The first-order chi connectivity index (χ1) is 16.5. The Bertz CT molecular complexity index is 1240. The van der Waals surface area contributed by atoms with Crippen LogP contribution in [0, 0.1) is 5.82 Å². The number of aromatic nitrogens is 2. The van der Waals surface area contributed by atoms with Crippen LogP contribution in [0.15, 0.2) is 54.6 Å². The number of carboxylic acid groups (broad SMARTS) is 2. The van der Waals surface area contributed by atoms with Crippen molar-refractivity contribution in [3.8, 4) is 11.3 Å². The van der Waals surface area contributed by atoms with E-state index < -0.39 is 23.9 Å². The number of methoxy groups -OCH3 is 1. The van der Waals surface area contributed by atoms with E-state index in [0.29, 0.717) is 29.2 Å². The summed E-state index contributed by atoms with van der Waals surface area (Å²) in [6, 6.07) is 11.8. The quantitative estimate of drug-likeness (QED) is 0.332. The van der Waals surface area contributed by atoms with Crippen LogP contribution in [0.25, 0.3) is 22.0 Å². The van der Waals surface area contributed by atoms with Gasteiger partial charge in [0.1, 0.15) is 11.9 Å². The Hall–Kier alpha value is -4.34. The first kappa shape index (κ1) is 26.9. The molecule has 1 unspecified atom stereocenters. The van der Waals surface area contributed by atoms with Crippen LogP contribution in [-0.4, -0.2) is 51.2 Å². The summed E-state index contributed by atoms with van der Waals surface area (Å²) in [5, 5.41) is 19.9. The van der Waals surface area contributed by atoms with Crippen LogP contribution in [-0.2, 0) is 19.1 Å². The van der Waals surface area contributed by atoms with Gasteiger partial charge in [-0.3, -0.25) is 0 Å². The summed E-state index contributed by atoms with van der Waals surface area (Å²) < 4.78 is 18.9. The summed E-state index contributed by atoms with van der Waals surface area (Å²) in [6.07, 6.45) is 1.12. The van der Waals surface area contributed by atoms with Crippen LogP contribution in [0.1, 0.15) is 32.4 Å². The highest BCUT2D eigenvalue weighted by Gasteiger charge is 2.17. The standard InChI is InChI=1S/C21H22FN3O2.C4H4O4/c1-12(2)18-11-19(25-21(24-18)23-13(3)20(26)27-4)16-9-10-17(22)15-8-6-5-7-14(15)16;5-3(6)1-2-4(7)8/h5-13H,1-4H3,(H,23,24,25);1-2H,(H,5,6)(H,7,8). The summed E-state index contributed by atoms with van der Waals surface area (Å²) in [4.78, 5) is 39.9. The van der Waals surface area contributed by atoms with Gasteiger partial charge in [0.25, 0.3) is 0 Å². The second kappa shape index (κ2) is 12.2. The molecule has 1 heterocycles. The second-order valence-corrected chi connectivity index (χ2v) is 7.70. The van der Waals surface area contributed by atoms with E-state index in [1.54, 1.807) is 25.1 Å². The van der Waals surface area contributed by atoms with E-state index in [9.17, 15) is 18.8 Å². The average Bonchev–Trinajstić information content (AvgIpc) is 2.82. The van der Waals surface area contributed by atoms with E-state index in [2.05, 4.69) is 15.3 Å². The fraction of sp³-hybridized carbons (Fsp3) is 0.240. The highest BCUT2D eigenvalue weighted by atomic mass is 19.1. The predicted octanol–water partition coefficient (Wildman–Crippen LogP) is 4.24. The number of carboxylic acids is 2. The molecule has 0 saturated heterocycles. The number of carbonyl (C=O) groups excluding carboxylic acids is 1. The maximum atomic E-state index is 14.2. The van der Waals surface area contributed by atoms with E-state index in [-0.39, 0.29) is 11.7 Å². The topological polar surface area (TPSA) is 139 Å². The van der Waals surface area contributed by atoms with Gasteiger partial charge in [-0.15, -0.1) is 0 Å². The number of nitrogens with zero attached hydrogens (tertiary/aromatic N) is 2. The first-order valence-electron chi connectivity index (χ1n) is 10.6. The Morgan fingerprint density at radius 1 is 0.971 bits per heavy atom. The number of rotatable bonds is 7. The lowest BCUT2D eigenvalue weighted by Crippen LogP contribution is -2.28. The largest absolute Gasteiger partial charge is 0.478 e. The summed E-state index contributed by atoms with van der Waals surface area (Å²) >= 11 is 0. The number of esters is 1. The summed E-state index contributed by atoms with van der Waals surface area (Å²) in [7, 11) is 1.34. The monoisotopic (exact) mass is 483 g/mol. The Labute approximate surface area is 201 Å². The van der Waals surface area contributed by atoms with Crippen molar-refractivity contribution < 1.29 is 33.7 Å². The number of carbonyl (C=O) groups is 3. The summed E-state index contributed by atoms with van der Waals surface area (Å²) in [5.74, 6) is -2.69. The number of hydrogen-bond acceptors (Lipinski definition) is 7. The van der Waals surface area contributed by atoms with Gasteiger partial charge in [-0.05, 0) is 36.4 Å². The maximum Gasteiger partial charge on any atom is 0.328 e. The van der Waals surface area contributed by atoms with E-state index in [1.165, 1.54) is 13.2 Å². The third-order valence-corrected chi connectivity index (χ3v) is 4.75. The highest BCUT2D eigenvalue weighted by Crippen LogP contribution is 2.31. The number of anilines is 1. The lowest BCUT2D eigenvalue weighted by Gasteiger charge is -2.15. The molecule has 3 N–H and O–H groups in total. The zero-order valence-electron chi connectivity index (χ0n) is 19.7. The molecule has 0 aliphatic rings. The molecule has 0 amide bonds. The molecule has 0 spiro atoms. The highest BCUT2D eigenvalue weighted by molar-refractivity contribution is 5.96. The molecule has 3 rings (SSSR count). The molecule has 35 heavy (non-hydrogen) atoms. The van der Waals surface area contributed by atoms with Crippen LogP contribution in [0.5, 0.6) is 0 Å². The van der Waals surface area contributed by atoms with E-state index in [4.69, 9.17) is 14.9 Å². The molecule has 1 aromatic heterocycles. The number of hydrogen-bond donors (Lipinski definition) is 3. The third-order valence-electron chi connectivity index (χ3n) is 4.75. The lowest BCUT2D eigenvalue weighted by molar-refractivity contribution is -0.141. The van der Waals surface area contributed by atoms with Gasteiger partial charge in [-0.2, -0.15) is 0 Å². The number of ether oxygens (including phenoxy) is 1. The van der Waals surface area contributed by atoms with Gasteiger partial charge in [0.05, 0.1) is 12.8 Å². The fourth-order valence-corrected chi connectivity index (χ4v) is 3.02. The molecule has 9 nitrogen and oxygen atoms in total. The van der Waals surface area contributed by atoms with Gasteiger partial charge in [-0.25, -0.2) is 28.7 Å². The normalized spacial score (nSPS) is 11.6. The lowest BCUT2D eigenvalue weighted by atomic mass is 10.00. The zero-order chi connectivity index (χ0) is 26.1. The van der Waals surface area contributed by atoms with E-state index >= 15 is 0 Å². The van der Waals surface area contributed by atoms with Gasteiger partial charge in [-0.1, -0.05) is 38.1 Å². The van der Waals surface area contributed by atoms with Gasteiger partial charge in [0, 0.05) is 28.8 Å². The van der Waals surface area contributed by atoms with E-state index in [0.717, 1.165) is 16.6 Å². The van der Waals surface area contributed by atoms with Crippen molar-refractivity contribution in [1.29, 1.82) is 0 Å². The van der Waals surface area contributed by atoms with Crippen molar-refractivity contribution in [3.63, 3.8) is 0 Å². The molecule has 0 bridgehead atoms. The molecular weight excluding hydrogens is 457 g/mol. The Balaban J connectivity index is 0.000000466. The minimum Gasteiger partial charge on any atom is -0.478 e. The van der Waals surface area contributed by atoms with Gasteiger partial charge in [0.2, 0.25) is 5.95 Å². The Morgan fingerprint density at radius 3 is 2.11 bits per heavy atom. The molecule has 0 radical (unpaired) electrons. The van der Waals surface area contributed by atoms with E-state index in [1.807, 2.05) is 32.0 Å². The zero-order valence-corrected chi connectivity index (χ0v) is 19.7. The van der Waals surface area contributed by atoms with Crippen LogP contribution < -0.4 is 5.32 Å². The van der Waals surface area contributed by atoms with Gasteiger partial charge >= 0.3 is 17.9 Å². The SMILES string of the molecule is COC(=O)C(C)Nc1nc(-c2ccc(F)c3ccccc23)cc(C(C)C)n1.O=C(O)C=CC(=O)O. The number of nitrogens with one attached hydrogen (secondary N) is 1. The number of aliphatic carboxylic acids is 2. The molecule has 0 saturated carbocycles. The van der Waals surface area contributed by atoms with Crippen molar-refractivity contribution >= 4 is 34.6 Å². The molecule has 0 fully saturated rings. The van der Waals surface area contributed by atoms with Crippen LogP contribution in [0.4, 0.5) is 10.3 Å². The van der Waals surface area contributed by atoms with Crippen LogP contribution >= 0.6 is 0 Å². The molecule has 3 aromatic rings. The third kappa shape index (κ3) is 7.60. The predicted molar refractivity (Wildman–Crippen MR) is 129 cm³/mol. The first-order valence-corrected chi connectivity index (χ1v) is 10.6. The second-order valence-electron chi connectivity index (χ2n) is 7.70. The van der Waals surface area contributed by atoms with Crippen LogP contribution in [0.2, 0.25) is 0 Å².